The third kappa shape index (κ3) is 4.41. The Labute approximate surface area is 191 Å². The number of hydrogen-bond donors (Lipinski definition) is 3. The highest BCUT2D eigenvalue weighted by Gasteiger charge is 2.45. The van der Waals surface area contributed by atoms with E-state index in [1.807, 2.05) is 48.5 Å². The van der Waals surface area contributed by atoms with E-state index in [4.69, 9.17) is 15.9 Å². The molecule has 0 spiro atoms. The van der Waals surface area contributed by atoms with Gasteiger partial charge in [0.05, 0.1) is 6.61 Å². The molecule has 8 heteroatoms. The normalized spacial score (nSPS) is 19.6. The largest absolute Gasteiger partial charge is 0.479 e. The van der Waals surface area contributed by atoms with Gasteiger partial charge < -0.3 is 25.2 Å². The molecule has 2 aliphatic rings. The number of nitrogens with one attached hydrogen (secondary N) is 2. The van der Waals surface area contributed by atoms with Crippen molar-refractivity contribution < 1.29 is 29.0 Å². The van der Waals surface area contributed by atoms with Crippen molar-refractivity contribution >= 4 is 18.0 Å². The molecule has 170 valence electrons. The van der Waals surface area contributed by atoms with Crippen LogP contribution in [-0.4, -0.2) is 54.5 Å². The molecular weight excluding hydrogens is 424 g/mol. The van der Waals surface area contributed by atoms with Crippen molar-refractivity contribution in [3.05, 3.63) is 59.7 Å². The summed E-state index contributed by atoms with van der Waals surface area (Å²) in [6.07, 6.45) is 4.56. The van der Waals surface area contributed by atoms with Gasteiger partial charge in [-0.2, -0.15) is 0 Å². The van der Waals surface area contributed by atoms with Crippen LogP contribution < -0.4 is 10.6 Å². The smallest absolute Gasteiger partial charge is 0.407 e. The first-order valence-corrected chi connectivity index (χ1v) is 10.6. The number of ether oxygens (including phenoxy) is 2. The molecule has 2 aromatic rings. The Morgan fingerprint density at radius 2 is 1.79 bits per heavy atom. The molecule has 1 heterocycles. The van der Waals surface area contributed by atoms with E-state index in [0.29, 0.717) is 0 Å². The number of terminal acetylenes is 1. The van der Waals surface area contributed by atoms with E-state index in [-0.39, 0.29) is 38.6 Å². The molecule has 1 aliphatic carbocycles. The van der Waals surface area contributed by atoms with Gasteiger partial charge in [0.15, 0.2) is 5.54 Å². The molecule has 33 heavy (non-hydrogen) atoms. The van der Waals surface area contributed by atoms with Gasteiger partial charge in [0.25, 0.3) is 0 Å². The maximum atomic E-state index is 12.7. The number of benzene rings is 2. The lowest BCUT2D eigenvalue weighted by atomic mass is 9.98. The monoisotopic (exact) mass is 448 g/mol. The fraction of sp³-hybridized carbons (Fsp3) is 0.320. The van der Waals surface area contributed by atoms with E-state index in [2.05, 4.69) is 16.6 Å². The second-order valence-electron chi connectivity index (χ2n) is 8.11. The molecule has 0 aromatic heterocycles. The third-order valence-electron chi connectivity index (χ3n) is 6.07. The van der Waals surface area contributed by atoms with Crippen molar-refractivity contribution in [3.63, 3.8) is 0 Å². The molecule has 1 saturated heterocycles. The minimum absolute atomic E-state index is 0.0805. The average molecular weight is 448 g/mol. The second-order valence-corrected chi connectivity index (χ2v) is 8.11. The van der Waals surface area contributed by atoms with Crippen molar-refractivity contribution in [2.75, 3.05) is 19.8 Å². The maximum absolute atomic E-state index is 12.7. The zero-order chi connectivity index (χ0) is 23.4. The summed E-state index contributed by atoms with van der Waals surface area (Å²) in [4.78, 5) is 36.9. The van der Waals surface area contributed by atoms with Crippen LogP contribution in [0.25, 0.3) is 11.1 Å². The van der Waals surface area contributed by atoms with E-state index in [1.54, 1.807) is 0 Å². The minimum atomic E-state index is -1.53. The number of hydrogen-bond acceptors (Lipinski definition) is 5. The highest BCUT2D eigenvalue weighted by atomic mass is 16.5. The van der Waals surface area contributed by atoms with E-state index >= 15 is 0 Å². The predicted octanol–water partition coefficient (Wildman–Crippen LogP) is 2.28. The van der Waals surface area contributed by atoms with E-state index in [0.717, 1.165) is 22.3 Å². The molecule has 4 rings (SSSR count). The molecule has 1 fully saturated rings. The fourth-order valence-corrected chi connectivity index (χ4v) is 4.32. The van der Waals surface area contributed by atoms with Crippen LogP contribution in [0.3, 0.4) is 0 Å². The van der Waals surface area contributed by atoms with Gasteiger partial charge in [-0.25, -0.2) is 9.59 Å². The van der Waals surface area contributed by atoms with Gasteiger partial charge in [0, 0.05) is 25.4 Å². The highest BCUT2D eigenvalue weighted by molar-refractivity contribution is 5.91. The number of carbonyl (C=O) groups is 3. The first kappa shape index (κ1) is 22.4. The molecule has 2 atom stereocenters. The molecule has 2 unspecified atom stereocenters. The first-order chi connectivity index (χ1) is 15.9. The number of amides is 2. The van der Waals surface area contributed by atoms with Gasteiger partial charge in [0.2, 0.25) is 5.91 Å². The number of carboxylic acids is 1. The molecule has 0 radical (unpaired) electrons. The van der Waals surface area contributed by atoms with Crippen LogP contribution in [0.5, 0.6) is 0 Å². The van der Waals surface area contributed by atoms with Crippen LogP contribution in [-0.2, 0) is 19.1 Å². The predicted molar refractivity (Wildman–Crippen MR) is 119 cm³/mol. The van der Waals surface area contributed by atoms with Crippen molar-refractivity contribution in [3.8, 4) is 23.5 Å². The standard InChI is InChI=1S/C25H24N2O6/c1-2-7-21(22(28)27-25(23(29)30)12-13-32-15-25)26-24(31)33-14-20-18-10-5-3-8-16(18)17-9-4-6-11-19(17)20/h1,3-6,8-11,20-21H,7,12-15H2,(H,26,31)(H,27,28)(H,29,30). The molecule has 2 amide bonds. The Morgan fingerprint density at radius 1 is 1.15 bits per heavy atom. The van der Waals surface area contributed by atoms with Crippen LogP contribution in [0.1, 0.15) is 29.9 Å². The van der Waals surface area contributed by atoms with Gasteiger partial charge in [-0.05, 0) is 22.3 Å². The van der Waals surface area contributed by atoms with E-state index in [9.17, 15) is 19.5 Å². The fourth-order valence-electron chi connectivity index (χ4n) is 4.32. The summed E-state index contributed by atoms with van der Waals surface area (Å²) in [5, 5.41) is 14.5. The summed E-state index contributed by atoms with van der Waals surface area (Å²) in [6, 6.07) is 14.8. The Bertz CT molecular complexity index is 1070. The topological polar surface area (TPSA) is 114 Å². The number of carboxylic acid groups (broad SMARTS) is 1. The minimum Gasteiger partial charge on any atom is -0.479 e. The number of alkyl carbamates (subject to hydrolysis) is 1. The Balaban J connectivity index is 1.41. The number of aliphatic carboxylic acids is 1. The third-order valence-corrected chi connectivity index (χ3v) is 6.07. The van der Waals surface area contributed by atoms with Gasteiger partial charge >= 0.3 is 12.1 Å². The summed E-state index contributed by atoms with van der Waals surface area (Å²) in [7, 11) is 0. The van der Waals surface area contributed by atoms with Gasteiger partial charge in [0.1, 0.15) is 12.6 Å². The summed E-state index contributed by atoms with van der Waals surface area (Å²) in [5.41, 5.74) is 2.80. The maximum Gasteiger partial charge on any atom is 0.407 e. The Kier molecular flexibility index (Phi) is 6.33. The first-order valence-electron chi connectivity index (χ1n) is 10.6. The molecular formula is C25H24N2O6. The van der Waals surface area contributed by atoms with Crippen molar-refractivity contribution in [1.29, 1.82) is 0 Å². The molecule has 8 nitrogen and oxygen atoms in total. The van der Waals surface area contributed by atoms with Crippen molar-refractivity contribution in [2.24, 2.45) is 0 Å². The number of rotatable bonds is 7. The summed E-state index contributed by atoms with van der Waals surface area (Å²) < 4.78 is 10.6. The van der Waals surface area contributed by atoms with E-state index in [1.165, 1.54) is 0 Å². The Morgan fingerprint density at radius 3 is 2.33 bits per heavy atom. The van der Waals surface area contributed by atoms with Gasteiger partial charge in [-0.15, -0.1) is 12.3 Å². The van der Waals surface area contributed by atoms with Crippen LogP contribution in [0.2, 0.25) is 0 Å². The molecule has 3 N–H and O–H groups in total. The lowest BCUT2D eigenvalue weighted by Crippen LogP contribution is -2.59. The van der Waals surface area contributed by atoms with Crippen LogP contribution in [0.4, 0.5) is 4.79 Å². The van der Waals surface area contributed by atoms with Crippen molar-refractivity contribution in [1.82, 2.24) is 10.6 Å². The molecule has 1 aliphatic heterocycles. The molecule has 0 bridgehead atoms. The van der Waals surface area contributed by atoms with Gasteiger partial charge in [-0.3, -0.25) is 4.79 Å². The second kappa shape index (κ2) is 9.35. The van der Waals surface area contributed by atoms with Crippen LogP contribution in [0.15, 0.2) is 48.5 Å². The van der Waals surface area contributed by atoms with Crippen molar-refractivity contribution in [2.45, 2.75) is 30.3 Å². The number of carbonyl (C=O) groups excluding carboxylic acids is 2. The number of fused-ring (bicyclic) bond motifs is 3. The summed E-state index contributed by atoms with van der Waals surface area (Å²) in [5.74, 6) is 0.304. The van der Waals surface area contributed by atoms with Crippen LogP contribution in [0, 0.1) is 12.3 Å². The average Bonchev–Trinajstić information content (AvgIpc) is 3.41. The quantitative estimate of drug-likeness (QED) is 0.560. The SMILES string of the molecule is C#CCC(NC(=O)OCC1c2ccccc2-c2ccccc21)C(=O)NC1(C(=O)O)CCOC1. The lowest BCUT2D eigenvalue weighted by Gasteiger charge is -2.26. The lowest BCUT2D eigenvalue weighted by molar-refractivity contribution is -0.147. The van der Waals surface area contributed by atoms with Gasteiger partial charge in [-0.1, -0.05) is 48.5 Å². The molecule has 0 saturated carbocycles. The highest BCUT2D eigenvalue weighted by Crippen LogP contribution is 2.44. The zero-order valence-electron chi connectivity index (χ0n) is 17.9. The summed E-state index contributed by atoms with van der Waals surface area (Å²) in [6.45, 7) is 0.144. The Hall–Kier alpha value is -3.83. The molecule has 2 aromatic carbocycles. The van der Waals surface area contributed by atoms with E-state index < -0.39 is 29.6 Å². The summed E-state index contributed by atoms with van der Waals surface area (Å²) >= 11 is 0. The van der Waals surface area contributed by atoms with Crippen LogP contribution >= 0.6 is 0 Å². The zero-order valence-corrected chi connectivity index (χ0v) is 17.9.